The molecule has 4 nitrogen and oxygen atoms in total. The summed E-state index contributed by atoms with van der Waals surface area (Å²) in [5.74, 6) is -1.08. The Morgan fingerprint density at radius 3 is 2.41 bits per heavy atom. The lowest BCUT2D eigenvalue weighted by atomic mass is 10.1. The van der Waals surface area contributed by atoms with E-state index in [4.69, 9.17) is 0 Å². The van der Waals surface area contributed by atoms with Crippen LogP contribution in [-0.2, 0) is 11.3 Å². The Labute approximate surface area is 153 Å². The van der Waals surface area contributed by atoms with Gasteiger partial charge in [0.1, 0.15) is 17.6 Å². The van der Waals surface area contributed by atoms with Gasteiger partial charge in [0.15, 0.2) is 0 Å². The Hall–Kier alpha value is -2.61. The first kappa shape index (κ1) is 19.2. The third-order valence-electron chi connectivity index (χ3n) is 4.08. The lowest BCUT2D eigenvalue weighted by Crippen LogP contribution is -2.38. The highest BCUT2D eigenvalue weighted by Gasteiger charge is 2.32. The molecule has 1 aliphatic rings. The fraction of sp³-hybridized carbons (Fsp3) is 0.316. The number of amides is 1. The zero-order valence-electron chi connectivity index (χ0n) is 14.2. The number of benzene rings is 2. The number of rotatable bonds is 7. The number of nitrogens with one attached hydrogen (secondary N) is 2. The molecule has 3 rings (SSSR count). The smallest absolute Gasteiger partial charge is 0.405 e. The Morgan fingerprint density at radius 1 is 1.11 bits per heavy atom. The van der Waals surface area contributed by atoms with E-state index in [2.05, 4.69) is 15.4 Å². The van der Waals surface area contributed by atoms with Crippen LogP contribution in [0.1, 0.15) is 30.0 Å². The van der Waals surface area contributed by atoms with Crippen molar-refractivity contribution in [2.24, 2.45) is 0 Å². The van der Waals surface area contributed by atoms with Crippen LogP contribution in [0.4, 0.5) is 17.6 Å². The van der Waals surface area contributed by atoms with E-state index >= 15 is 0 Å². The highest BCUT2D eigenvalue weighted by Crippen LogP contribution is 2.27. The van der Waals surface area contributed by atoms with Crippen molar-refractivity contribution in [1.82, 2.24) is 10.6 Å². The second-order valence-corrected chi connectivity index (χ2v) is 6.30. The van der Waals surface area contributed by atoms with Crippen molar-refractivity contribution in [3.8, 4) is 5.75 Å². The molecule has 0 radical (unpaired) electrons. The van der Waals surface area contributed by atoms with Gasteiger partial charge in [0.05, 0.1) is 0 Å². The minimum Gasteiger partial charge on any atom is -0.405 e. The van der Waals surface area contributed by atoms with E-state index in [1.807, 2.05) is 0 Å². The van der Waals surface area contributed by atoms with Gasteiger partial charge in [-0.3, -0.25) is 10.1 Å². The highest BCUT2D eigenvalue weighted by atomic mass is 19.4. The molecule has 0 heterocycles. The molecule has 144 valence electrons. The maximum Gasteiger partial charge on any atom is 0.573 e. The number of hydrogen-bond donors (Lipinski definition) is 2. The monoisotopic (exact) mass is 382 g/mol. The molecule has 0 aliphatic heterocycles. The van der Waals surface area contributed by atoms with Gasteiger partial charge in [-0.05, 0) is 36.6 Å². The van der Waals surface area contributed by atoms with Gasteiger partial charge in [-0.15, -0.1) is 13.2 Å². The van der Waals surface area contributed by atoms with Gasteiger partial charge in [-0.1, -0.05) is 30.3 Å². The van der Waals surface area contributed by atoms with Crippen molar-refractivity contribution < 1.29 is 27.1 Å². The average molecular weight is 382 g/mol. The Bertz CT molecular complexity index is 789. The summed E-state index contributed by atoms with van der Waals surface area (Å²) in [7, 11) is 0. The quantitative estimate of drug-likeness (QED) is 0.716. The molecule has 1 aliphatic carbocycles. The van der Waals surface area contributed by atoms with Crippen LogP contribution in [0.15, 0.2) is 48.5 Å². The second kappa shape index (κ2) is 7.96. The number of ether oxygens (including phenoxy) is 1. The molecule has 1 fully saturated rings. The predicted molar refractivity (Wildman–Crippen MR) is 90.3 cm³/mol. The normalized spacial score (nSPS) is 15.3. The number of carbonyl (C=O) groups is 1. The topological polar surface area (TPSA) is 50.4 Å². The molecule has 0 spiro atoms. The van der Waals surface area contributed by atoms with Crippen molar-refractivity contribution >= 4 is 5.91 Å². The maximum atomic E-state index is 13.2. The molecule has 1 saturated carbocycles. The summed E-state index contributed by atoms with van der Waals surface area (Å²) in [5.41, 5.74) is 0.768. The van der Waals surface area contributed by atoms with E-state index in [0.717, 1.165) is 12.8 Å². The Kier molecular flexibility index (Phi) is 5.65. The summed E-state index contributed by atoms with van der Waals surface area (Å²) >= 11 is 0. The van der Waals surface area contributed by atoms with E-state index in [9.17, 15) is 22.4 Å². The average Bonchev–Trinajstić information content (AvgIpc) is 3.40. The SMILES string of the molecule is O=C(NC1CC1)[C@H](NCc1ccccc1OC(F)(F)F)c1ccc(F)cc1. The van der Waals surface area contributed by atoms with Crippen LogP contribution in [0.25, 0.3) is 0 Å². The summed E-state index contributed by atoms with van der Waals surface area (Å²) < 4.78 is 54.9. The third-order valence-corrected chi connectivity index (χ3v) is 4.08. The van der Waals surface area contributed by atoms with Crippen molar-refractivity contribution in [2.45, 2.75) is 37.8 Å². The standard InChI is InChI=1S/C19H18F4N2O2/c20-14-7-5-12(6-8-14)17(18(26)25-15-9-10-15)24-11-13-3-1-2-4-16(13)27-19(21,22)23/h1-8,15,17,24H,9-11H2,(H,25,26)/t17-/m1/s1. The summed E-state index contributed by atoms with van der Waals surface area (Å²) in [4.78, 5) is 12.5. The first-order chi connectivity index (χ1) is 12.8. The number of para-hydroxylation sites is 1. The van der Waals surface area contributed by atoms with Crippen molar-refractivity contribution in [3.05, 3.63) is 65.5 Å². The minimum absolute atomic E-state index is 0.0353. The lowest BCUT2D eigenvalue weighted by molar-refractivity contribution is -0.274. The third kappa shape index (κ3) is 5.68. The molecule has 1 atom stereocenters. The second-order valence-electron chi connectivity index (χ2n) is 6.30. The summed E-state index contributed by atoms with van der Waals surface area (Å²) in [6, 6.07) is 10.4. The molecule has 0 saturated heterocycles. The van der Waals surface area contributed by atoms with Crippen LogP contribution in [0.2, 0.25) is 0 Å². The molecule has 0 unspecified atom stereocenters. The van der Waals surface area contributed by atoms with Gasteiger partial charge in [0, 0.05) is 18.2 Å². The fourth-order valence-corrected chi connectivity index (χ4v) is 2.62. The van der Waals surface area contributed by atoms with Crippen LogP contribution in [0.5, 0.6) is 5.75 Å². The molecule has 2 N–H and O–H groups in total. The Morgan fingerprint density at radius 2 is 1.78 bits per heavy atom. The van der Waals surface area contributed by atoms with Gasteiger partial charge < -0.3 is 10.1 Å². The number of halogens is 4. The van der Waals surface area contributed by atoms with E-state index < -0.39 is 18.2 Å². The molecule has 27 heavy (non-hydrogen) atoms. The zero-order valence-corrected chi connectivity index (χ0v) is 14.2. The maximum absolute atomic E-state index is 13.2. The minimum atomic E-state index is -4.81. The van der Waals surface area contributed by atoms with Gasteiger partial charge >= 0.3 is 6.36 Å². The van der Waals surface area contributed by atoms with Gasteiger partial charge in [0.25, 0.3) is 0 Å². The lowest BCUT2D eigenvalue weighted by Gasteiger charge is -2.20. The molecule has 2 aromatic rings. The van der Waals surface area contributed by atoms with Crippen LogP contribution in [0.3, 0.4) is 0 Å². The Balaban J connectivity index is 1.76. The van der Waals surface area contributed by atoms with Gasteiger partial charge in [-0.25, -0.2) is 4.39 Å². The highest BCUT2D eigenvalue weighted by molar-refractivity contribution is 5.83. The first-order valence-electron chi connectivity index (χ1n) is 8.45. The molecule has 0 bridgehead atoms. The molecule has 8 heteroatoms. The molecule has 0 aromatic heterocycles. The predicted octanol–water partition coefficient (Wildman–Crippen LogP) is 3.83. The molecule has 1 amide bonds. The van der Waals surface area contributed by atoms with E-state index in [0.29, 0.717) is 5.56 Å². The van der Waals surface area contributed by atoms with Crippen LogP contribution in [0, 0.1) is 5.82 Å². The van der Waals surface area contributed by atoms with E-state index in [1.165, 1.54) is 42.5 Å². The zero-order chi connectivity index (χ0) is 19.4. The van der Waals surface area contributed by atoms with Crippen molar-refractivity contribution in [2.75, 3.05) is 0 Å². The number of alkyl halides is 3. The van der Waals surface area contributed by atoms with Crippen LogP contribution < -0.4 is 15.4 Å². The van der Waals surface area contributed by atoms with Crippen molar-refractivity contribution in [1.29, 1.82) is 0 Å². The van der Waals surface area contributed by atoms with Gasteiger partial charge in [-0.2, -0.15) is 0 Å². The fourth-order valence-electron chi connectivity index (χ4n) is 2.62. The summed E-state index contributed by atoms with van der Waals surface area (Å²) in [6.45, 7) is -0.0353. The van der Waals surface area contributed by atoms with Crippen LogP contribution >= 0.6 is 0 Å². The first-order valence-corrected chi connectivity index (χ1v) is 8.45. The van der Waals surface area contributed by atoms with Gasteiger partial charge in [0.2, 0.25) is 5.91 Å². The van der Waals surface area contributed by atoms with Crippen LogP contribution in [-0.4, -0.2) is 18.3 Å². The van der Waals surface area contributed by atoms with E-state index in [-0.39, 0.29) is 29.8 Å². The molecular weight excluding hydrogens is 364 g/mol. The van der Waals surface area contributed by atoms with E-state index in [1.54, 1.807) is 6.07 Å². The summed E-state index contributed by atoms with van der Waals surface area (Å²) in [6.07, 6.45) is -3.02. The largest absolute Gasteiger partial charge is 0.573 e. The summed E-state index contributed by atoms with van der Waals surface area (Å²) in [5, 5.41) is 5.80. The number of carbonyl (C=O) groups excluding carboxylic acids is 1. The molecule has 2 aromatic carbocycles. The number of hydrogen-bond acceptors (Lipinski definition) is 3. The van der Waals surface area contributed by atoms with Crippen molar-refractivity contribution in [3.63, 3.8) is 0 Å². The molecular formula is C19H18F4N2O2.